The topological polar surface area (TPSA) is 134 Å². The van der Waals surface area contributed by atoms with Crippen LogP contribution in [0.4, 0.5) is 0 Å². The number of ketones is 1. The zero-order chi connectivity index (χ0) is 29.4. The molecule has 0 bridgehead atoms. The van der Waals surface area contributed by atoms with Crippen LogP contribution in [0.15, 0.2) is 89.3 Å². The monoisotopic (exact) mass is 630 g/mol. The van der Waals surface area contributed by atoms with Crippen LogP contribution in [-0.2, 0) is 26.0 Å². The molecule has 0 unspecified atom stereocenters. The minimum atomic E-state index is -3.85. The number of nitrogens with zero attached hydrogens (tertiary/aromatic N) is 1. The first-order valence-electron chi connectivity index (χ1n) is 12.3. The molecule has 9 nitrogen and oxygen atoms in total. The predicted molar refractivity (Wildman–Crippen MR) is 159 cm³/mol. The molecule has 41 heavy (non-hydrogen) atoms. The summed E-state index contributed by atoms with van der Waals surface area (Å²) in [4.78, 5) is 43.6. The summed E-state index contributed by atoms with van der Waals surface area (Å²) < 4.78 is 27.9. The normalized spacial score (nSPS) is 12.0. The molecule has 4 aromatic rings. The largest absolute Gasteiger partial charge is 0.348 e. The van der Waals surface area contributed by atoms with Crippen LogP contribution in [0.25, 0.3) is 10.6 Å². The second-order valence-corrected chi connectivity index (χ2v) is 12.6. The van der Waals surface area contributed by atoms with E-state index in [9.17, 15) is 22.8 Å². The summed E-state index contributed by atoms with van der Waals surface area (Å²) in [5.74, 6) is -2.55. The van der Waals surface area contributed by atoms with Gasteiger partial charge in [0.25, 0.3) is 11.8 Å². The van der Waals surface area contributed by atoms with Gasteiger partial charge in [0.05, 0.1) is 21.2 Å². The number of Topliss-reactive ketones (excluding diaryl/α,β-unsaturated/α-hetero) is 1. The number of halogens is 2. The summed E-state index contributed by atoms with van der Waals surface area (Å²) in [5, 5.41) is 5.40. The van der Waals surface area contributed by atoms with Gasteiger partial charge in [0.15, 0.2) is 0 Å². The molecular formula is C28H24Cl2N4O5S2. The van der Waals surface area contributed by atoms with Crippen molar-refractivity contribution in [2.45, 2.75) is 16.7 Å². The fraction of sp³-hybridized carbons (Fsp3) is 0.143. The Hall–Kier alpha value is -3.61. The molecule has 0 aliphatic carbocycles. The van der Waals surface area contributed by atoms with Crippen molar-refractivity contribution < 1.29 is 22.8 Å². The van der Waals surface area contributed by atoms with Gasteiger partial charge in [0, 0.05) is 30.7 Å². The Labute approximate surface area is 251 Å². The molecule has 0 spiro atoms. The highest BCUT2D eigenvalue weighted by Crippen LogP contribution is 2.29. The Kier molecular flexibility index (Phi) is 10.2. The van der Waals surface area contributed by atoms with Crippen molar-refractivity contribution in [2.24, 2.45) is 0 Å². The van der Waals surface area contributed by atoms with Gasteiger partial charge in [-0.25, -0.2) is 13.1 Å². The molecule has 0 aliphatic heterocycles. The van der Waals surface area contributed by atoms with Gasteiger partial charge in [0.1, 0.15) is 10.3 Å². The number of hydrogen-bond acceptors (Lipinski definition) is 7. The Morgan fingerprint density at radius 2 is 1.66 bits per heavy atom. The molecule has 2 amide bonds. The van der Waals surface area contributed by atoms with Gasteiger partial charge in [0.2, 0.25) is 15.8 Å². The van der Waals surface area contributed by atoms with Crippen molar-refractivity contribution >= 4 is 62.2 Å². The SMILES string of the molecule is O=C(NCCNS(=O)(=O)c1ccc(-c2ccccn2)s1)C(=O)[C@H](Cc1ccccc1)NC(=O)c1cc(Cl)ccc1Cl. The number of rotatable bonds is 12. The first kappa shape index (κ1) is 30.4. The number of aromatic nitrogens is 1. The number of benzene rings is 2. The smallest absolute Gasteiger partial charge is 0.289 e. The van der Waals surface area contributed by atoms with E-state index in [4.69, 9.17) is 23.2 Å². The lowest BCUT2D eigenvalue weighted by Crippen LogP contribution is -2.49. The van der Waals surface area contributed by atoms with Crippen molar-refractivity contribution in [2.75, 3.05) is 13.1 Å². The summed E-state index contributed by atoms with van der Waals surface area (Å²) in [6.45, 7) is -0.319. The van der Waals surface area contributed by atoms with Crippen LogP contribution in [0.3, 0.4) is 0 Å². The average Bonchev–Trinajstić information content (AvgIpc) is 3.48. The highest BCUT2D eigenvalue weighted by atomic mass is 35.5. The molecule has 4 rings (SSSR count). The lowest BCUT2D eigenvalue weighted by molar-refractivity contribution is -0.138. The molecule has 0 saturated heterocycles. The molecule has 3 N–H and O–H groups in total. The number of carbonyl (C=O) groups excluding carboxylic acids is 3. The quantitative estimate of drug-likeness (QED) is 0.159. The first-order chi connectivity index (χ1) is 19.6. The molecule has 0 fully saturated rings. The number of thiophene rings is 1. The number of sulfonamides is 1. The van der Waals surface area contributed by atoms with Crippen molar-refractivity contribution in [1.29, 1.82) is 0 Å². The lowest BCUT2D eigenvalue weighted by Gasteiger charge is -2.18. The summed E-state index contributed by atoms with van der Waals surface area (Å²) >= 11 is 13.2. The third-order valence-corrected chi connectivity index (χ3v) is 9.39. The van der Waals surface area contributed by atoms with Crippen molar-refractivity contribution in [3.8, 4) is 10.6 Å². The standard InChI is InChI=1S/C28H24Cl2N4O5S2/c29-19-9-10-21(30)20(17-19)27(36)34-23(16-18-6-2-1-3-7-18)26(35)28(37)32-14-15-33-41(38,39)25-12-11-24(40-25)22-8-4-5-13-31-22/h1-13,17,23,33H,14-16H2,(H,32,37)(H,34,36)/t23-/m0/s1. The van der Waals surface area contributed by atoms with Crippen LogP contribution in [0.5, 0.6) is 0 Å². The van der Waals surface area contributed by atoms with Gasteiger partial charge < -0.3 is 10.6 Å². The maximum atomic E-state index is 13.1. The number of carbonyl (C=O) groups is 3. The van der Waals surface area contributed by atoms with Crippen molar-refractivity contribution in [1.82, 2.24) is 20.3 Å². The Morgan fingerprint density at radius 3 is 2.39 bits per heavy atom. The van der Waals surface area contributed by atoms with E-state index in [1.54, 1.807) is 60.8 Å². The van der Waals surface area contributed by atoms with E-state index in [0.29, 0.717) is 16.1 Å². The predicted octanol–water partition coefficient (Wildman–Crippen LogP) is 4.12. The Morgan fingerprint density at radius 1 is 0.902 bits per heavy atom. The van der Waals surface area contributed by atoms with E-state index in [-0.39, 0.29) is 39.3 Å². The number of amides is 2. The van der Waals surface area contributed by atoms with Gasteiger partial charge in [-0.3, -0.25) is 19.4 Å². The third kappa shape index (κ3) is 8.21. The molecule has 0 aliphatic rings. The van der Waals surface area contributed by atoms with Crippen LogP contribution < -0.4 is 15.4 Å². The molecular weight excluding hydrogens is 607 g/mol. The van der Waals surface area contributed by atoms with Gasteiger partial charge in [-0.1, -0.05) is 59.6 Å². The summed E-state index contributed by atoms with van der Waals surface area (Å²) in [5.41, 5.74) is 1.42. The number of pyridine rings is 1. The molecule has 2 aromatic carbocycles. The van der Waals surface area contributed by atoms with Crippen LogP contribution in [0.2, 0.25) is 10.0 Å². The average molecular weight is 632 g/mol. The molecule has 1 atom stereocenters. The van der Waals surface area contributed by atoms with E-state index in [0.717, 1.165) is 11.3 Å². The Balaban J connectivity index is 1.37. The number of hydrogen-bond donors (Lipinski definition) is 3. The maximum absolute atomic E-state index is 13.1. The molecule has 0 radical (unpaired) electrons. The van der Waals surface area contributed by atoms with Gasteiger partial charge in [-0.05, 0) is 48.0 Å². The molecule has 13 heteroatoms. The summed E-state index contributed by atoms with van der Waals surface area (Å²) in [6.07, 6.45) is 1.66. The van der Waals surface area contributed by atoms with Crippen LogP contribution in [-0.4, -0.2) is 50.1 Å². The van der Waals surface area contributed by atoms with Crippen LogP contribution in [0, 0.1) is 0 Å². The highest BCUT2D eigenvalue weighted by molar-refractivity contribution is 7.91. The van der Waals surface area contributed by atoms with Crippen LogP contribution in [0.1, 0.15) is 15.9 Å². The lowest BCUT2D eigenvalue weighted by atomic mass is 10.0. The van der Waals surface area contributed by atoms with Crippen molar-refractivity contribution in [3.63, 3.8) is 0 Å². The molecule has 2 heterocycles. The zero-order valence-corrected chi connectivity index (χ0v) is 24.5. The highest BCUT2D eigenvalue weighted by Gasteiger charge is 2.28. The summed E-state index contributed by atoms with van der Waals surface area (Å²) in [6, 6.07) is 20.5. The minimum Gasteiger partial charge on any atom is -0.348 e. The van der Waals surface area contributed by atoms with Gasteiger partial charge >= 0.3 is 0 Å². The molecule has 212 valence electrons. The van der Waals surface area contributed by atoms with Gasteiger partial charge in [-0.2, -0.15) is 0 Å². The first-order valence-corrected chi connectivity index (χ1v) is 15.3. The van der Waals surface area contributed by atoms with E-state index in [1.165, 1.54) is 24.3 Å². The van der Waals surface area contributed by atoms with Crippen LogP contribution >= 0.6 is 34.5 Å². The second-order valence-electron chi connectivity index (χ2n) is 8.69. The fourth-order valence-corrected chi connectivity index (χ4v) is 6.49. The molecule has 0 saturated carbocycles. The fourth-order valence-electron chi connectivity index (χ4n) is 3.76. The van der Waals surface area contributed by atoms with E-state index in [1.807, 2.05) is 0 Å². The van der Waals surface area contributed by atoms with E-state index >= 15 is 0 Å². The van der Waals surface area contributed by atoms with E-state index < -0.39 is 33.7 Å². The van der Waals surface area contributed by atoms with Gasteiger partial charge in [-0.15, -0.1) is 11.3 Å². The van der Waals surface area contributed by atoms with Crippen molar-refractivity contribution in [3.05, 3.63) is 106 Å². The second kappa shape index (κ2) is 13.8. The maximum Gasteiger partial charge on any atom is 0.289 e. The zero-order valence-electron chi connectivity index (χ0n) is 21.3. The third-order valence-electron chi connectivity index (χ3n) is 5.77. The number of nitrogens with one attached hydrogen (secondary N) is 3. The Bertz CT molecular complexity index is 1650. The summed E-state index contributed by atoms with van der Waals surface area (Å²) in [7, 11) is -3.85. The van der Waals surface area contributed by atoms with E-state index in [2.05, 4.69) is 20.3 Å². The minimum absolute atomic E-state index is 0.0423. The molecule has 2 aromatic heterocycles.